The van der Waals surface area contributed by atoms with Gasteiger partial charge in [0.25, 0.3) is 0 Å². The molecule has 0 bridgehead atoms. The molecule has 0 aliphatic carbocycles. The maximum Gasteiger partial charge on any atom is 0.209 e. The highest BCUT2D eigenvalue weighted by atomic mass is 16.3. The highest BCUT2D eigenvalue weighted by Crippen LogP contribution is 2.19. The number of likely N-dealkylation sites (N-methyl/N-ethyl adjacent to an activating group) is 1. The zero-order valence-electron chi connectivity index (χ0n) is 18.1. The van der Waals surface area contributed by atoms with Crippen molar-refractivity contribution >= 4 is 6.41 Å². The smallest absolute Gasteiger partial charge is 0.209 e. The minimum atomic E-state index is -0.989. The topological polar surface area (TPSA) is 110 Å². The van der Waals surface area contributed by atoms with Crippen LogP contribution in [0.1, 0.15) is 37.9 Å². The Labute approximate surface area is 176 Å². The summed E-state index contributed by atoms with van der Waals surface area (Å²) in [6.07, 6.45) is 5.93. The summed E-state index contributed by atoms with van der Waals surface area (Å²) < 4.78 is 0. The normalized spacial score (nSPS) is 10.9. The molecule has 0 saturated heterocycles. The predicted molar refractivity (Wildman–Crippen MR) is 113 cm³/mol. The zero-order valence-corrected chi connectivity index (χ0v) is 18.1. The molecule has 0 aliphatic heterocycles. The molecule has 3 aromatic heterocycles. The number of carbonyl (C=O) groups excluding carboxylic acids is 1. The minimum absolute atomic E-state index is 0.531. The van der Waals surface area contributed by atoms with Gasteiger partial charge in [0.15, 0.2) is 0 Å². The molecule has 3 heterocycles. The Kier molecular flexibility index (Phi) is 8.11. The van der Waals surface area contributed by atoms with Crippen molar-refractivity contribution in [2.45, 2.75) is 46.8 Å². The van der Waals surface area contributed by atoms with Crippen molar-refractivity contribution < 1.29 is 9.90 Å². The monoisotopic (exact) mass is 411 g/mol. The van der Waals surface area contributed by atoms with E-state index in [1.807, 2.05) is 39.0 Å². The lowest BCUT2D eigenvalue weighted by Crippen LogP contribution is -2.26. The van der Waals surface area contributed by atoms with Gasteiger partial charge in [-0.25, -0.2) is 0 Å². The average Bonchev–Trinajstić information content (AvgIpc) is 3.11. The highest BCUT2D eigenvalue weighted by molar-refractivity contribution is 5.55. The minimum Gasteiger partial charge on any atom is -0.384 e. The van der Waals surface area contributed by atoms with Crippen LogP contribution >= 0.6 is 0 Å². The number of amides is 1. The quantitative estimate of drug-likeness (QED) is 0.593. The fourth-order valence-corrected chi connectivity index (χ4v) is 2.76. The van der Waals surface area contributed by atoms with E-state index < -0.39 is 5.60 Å². The summed E-state index contributed by atoms with van der Waals surface area (Å²) in [5.41, 5.74) is 2.92. The molecule has 3 rings (SSSR count). The Morgan fingerprint density at radius 1 is 1.07 bits per heavy atom. The lowest BCUT2D eigenvalue weighted by Gasteiger charge is -2.14. The van der Waals surface area contributed by atoms with Crippen molar-refractivity contribution in [1.29, 1.82) is 0 Å². The summed E-state index contributed by atoms with van der Waals surface area (Å²) in [6.45, 7) is 10.8. The number of carbonyl (C=O) groups is 1. The van der Waals surface area contributed by atoms with Gasteiger partial charge in [0.05, 0.1) is 23.6 Å². The van der Waals surface area contributed by atoms with Gasteiger partial charge in [0, 0.05) is 31.7 Å². The van der Waals surface area contributed by atoms with Gasteiger partial charge in [0.2, 0.25) is 6.41 Å². The van der Waals surface area contributed by atoms with Crippen molar-refractivity contribution in [3.8, 4) is 11.4 Å². The van der Waals surface area contributed by atoms with Crippen LogP contribution in [0.25, 0.3) is 11.4 Å². The van der Waals surface area contributed by atoms with Crippen LogP contribution in [-0.2, 0) is 16.9 Å². The molecule has 0 radical (unpaired) electrons. The molecule has 160 valence electrons. The van der Waals surface area contributed by atoms with E-state index >= 15 is 0 Å². The van der Waals surface area contributed by atoms with E-state index in [2.05, 4.69) is 25.1 Å². The third-order valence-electron chi connectivity index (χ3n) is 4.33. The molecule has 30 heavy (non-hydrogen) atoms. The Balaban J connectivity index is 0.000000220. The SMILES string of the molecule is CCN(C=O)CCn1nc(C)c(C(C)(C)O)n1.Cc1nccnc1-c1ccccn1. The molecule has 1 N–H and O–H groups in total. The summed E-state index contributed by atoms with van der Waals surface area (Å²) >= 11 is 0. The molecule has 0 aromatic carbocycles. The summed E-state index contributed by atoms with van der Waals surface area (Å²) in [5.74, 6) is 0. The van der Waals surface area contributed by atoms with Crippen LogP contribution < -0.4 is 0 Å². The van der Waals surface area contributed by atoms with Crippen LogP contribution in [0.15, 0.2) is 36.8 Å². The van der Waals surface area contributed by atoms with Crippen molar-refractivity contribution in [3.05, 3.63) is 53.9 Å². The van der Waals surface area contributed by atoms with E-state index in [9.17, 15) is 9.90 Å². The van der Waals surface area contributed by atoms with Gasteiger partial charge < -0.3 is 10.0 Å². The fraction of sp³-hybridized carbons (Fsp3) is 0.429. The van der Waals surface area contributed by atoms with Crippen molar-refractivity contribution in [1.82, 2.24) is 34.8 Å². The van der Waals surface area contributed by atoms with Crippen molar-refractivity contribution in [2.24, 2.45) is 0 Å². The third kappa shape index (κ3) is 6.41. The largest absolute Gasteiger partial charge is 0.384 e. The molecule has 0 unspecified atom stereocenters. The van der Waals surface area contributed by atoms with E-state index in [-0.39, 0.29) is 0 Å². The maximum atomic E-state index is 10.6. The van der Waals surface area contributed by atoms with Gasteiger partial charge in [-0.15, -0.1) is 0 Å². The Hall–Kier alpha value is -3.20. The summed E-state index contributed by atoms with van der Waals surface area (Å²) in [5, 5.41) is 18.3. The van der Waals surface area contributed by atoms with E-state index in [1.54, 1.807) is 37.3 Å². The van der Waals surface area contributed by atoms with Gasteiger partial charge in [-0.2, -0.15) is 15.0 Å². The number of aliphatic hydroxyl groups is 1. The van der Waals surface area contributed by atoms with Crippen LogP contribution in [0.3, 0.4) is 0 Å². The first kappa shape index (κ1) is 23.1. The Morgan fingerprint density at radius 2 is 1.80 bits per heavy atom. The second kappa shape index (κ2) is 10.5. The zero-order chi connectivity index (χ0) is 22.1. The molecule has 0 saturated carbocycles. The lowest BCUT2D eigenvalue weighted by molar-refractivity contribution is -0.118. The lowest BCUT2D eigenvalue weighted by atomic mass is 10.0. The van der Waals surface area contributed by atoms with Gasteiger partial charge in [0.1, 0.15) is 17.0 Å². The highest BCUT2D eigenvalue weighted by Gasteiger charge is 2.23. The van der Waals surface area contributed by atoms with Crippen LogP contribution in [0.5, 0.6) is 0 Å². The molecule has 0 fully saturated rings. The van der Waals surface area contributed by atoms with Crippen LogP contribution in [-0.4, -0.2) is 59.5 Å². The van der Waals surface area contributed by atoms with Gasteiger partial charge in [-0.3, -0.25) is 19.7 Å². The number of aryl methyl sites for hydroxylation is 2. The van der Waals surface area contributed by atoms with Crippen LogP contribution in [0.2, 0.25) is 0 Å². The molecule has 1 amide bonds. The molecule has 9 heteroatoms. The van der Waals surface area contributed by atoms with Gasteiger partial charge in [-0.1, -0.05) is 6.07 Å². The first-order chi connectivity index (χ1) is 14.3. The van der Waals surface area contributed by atoms with Crippen molar-refractivity contribution in [3.63, 3.8) is 0 Å². The summed E-state index contributed by atoms with van der Waals surface area (Å²) in [6, 6.07) is 5.75. The summed E-state index contributed by atoms with van der Waals surface area (Å²) in [4.78, 5) is 26.4. The van der Waals surface area contributed by atoms with Crippen molar-refractivity contribution in [2.75, 3.05) is 13.1 Å². The Morgan fingerprint density at radius 3 is 2.33 bits per heavy atom. The van der Waals surface area contributed by atoms with E-state index in [1.165, 1.54) is 4.80 Å². The fourth-order valence-electron chi connectivity index (χ4n) is 2.76. The number of pyridine rings is 1. The molecule has 0 aliphatic rings. The number of hydrogen-bond acceptors (Lipinski definition) is 7. The second-order valence-electron chi connectivity index (χ2n) is 7.23. The first-order valence-electron chi connectivity index (χ1n) is 9.79. The van der Waals surface area contributed by atoms with E-state index in [0.29, 0.717) is 31.0 Å². The van der Waals surface area contributed by atoms with E-state index in [4.69, 9.17) is 0 Å². The molecule has 0 spiro atoms. The van der Waals surface area contributed by atoms with Crippen LogP contribution in [0, 0.1) is 13.8 Å². The molecular formula is C21H29N7O2. The molecular weight excluding hydrogens is 382 g/mol. The average molecular weight is 412 g/mol. The number of hydrogen-bond donors (Lipinski definition) is 1. The van der Waals surface area contributed by atoms with E-state index in [0.717, 1.165) is 23.5 Å². The maximum absolute atomic E-state index is 10.6. The first-order valence-corrected chi connectivity index (χ1v) is 9.79. The molecule has 0 atom stereocenters. The summed E-state index contributed by atoms with van der Waals surface area (Å²) in [7, 11) is 0. The molecule has 9 nitrogen and oxygen atoms in total. The predicted octanol–water partition coefficient (Wildman–Crippen LogP) is 2.14. The third-order valence-corrected chi connectivity index (χ3v) is 4.33. The number of rotatable bonds is 7. The van der Waals surface area contributed by atoms with Crippen LogP contribution in [0.4, 0.5) is 0 Å². The number of nitrogens with zero attached hydrogens (tertiary/aromatic N) is 7. The molecule has 3 aromatic rings. The Bertz CT molecular complexity index is 936. The number of aromatic nitrogens is 6. The standard InChI is InChI=1S/C11H20N4O2.C10H9N3/c1-5-14(8-16)6-7-15-12-9(2)10(13-15)11(3,4)17;1-8-10(13-7-6-11-8)9-4-2-3-5-12-9/h8,17H,5-7H2,1-4H3;2-7H,1H3. The van der Waals surface area contributed by atoms with Gasteiger partial charge >= 0.3 is 0 Å². The second-order valence-corrected chi connectivity index (χ2v) is 7.23. The van der Waals surface area contributed by atoms with Gasteiger partial charge in [-0.05, 0) is 46.8 Å².